The quantitative estimate of drug-likeness (QED) is 0.812. The molecule has 2 atom stereocenters. The number of rotatable bonds is 5. The second-order valence-corrected chi connectivity index (χ2v) is 5.79. The number of carboxylic acid groups (broad SMARTS) is 1. The van der Waals surface area contributed by atoms with Gasteiger partial charge in [-0.05, 0) is 26.8 Å². The zero-order valence-corrected chi connectivity index (χ0v) is 12.3. The number of carboxylic acids is 1. The molecule has 1 aromatic rings. The molecule has 1 rings (SSSR count). The van der Waals surface area contributed by atoms with Crippen molar-refractivity contribution in [2.24, 2.45) is 5.73 Å². The molecule has 0 aliphatic heterocycles. The molecule has 5 nitrogen and oxygen atoms in total. The summed E-state index contributed by atoms with van der Waals surface area (Å²) in [5, 5.41) is 8.84. The molecule has 0 fully saturated rings. The second-order valence-electron chi connectivity index (χ2n) is 5.79. The van der Waals surface area contributed by atoms with Gasteiger partial charge in [-0.15, -0.1) is 0 Å². The van der Waals surface area contributed by atoms with Gasteiger partial charge in [0.1, 0.15) is 17.3 Å². The molecule has 0 spiro atoms. The lowest BCUT2D eigenvalue weighted by Gasteiger charge is -2.27. The normalized spacial score (nSPS) is 14.3. The van der Waals surface area contributed by atoms with E-state index in [1.165, 1.54) is 18.2 Å². The molecule has 3 N–H and O–H groups in total. The van der Waals surface area contributed by atoms with Crippen LogP contribution in [0.1, 0.15) is 38.7 Å². The molecular formula is C15H20FNO4. The van der Waals surface area contributed by atoms with E-state index in [0.29, 0.717) is 0 Å². The van der Waals surface area contributed by atoms with Crippen LogP contribution in [0.2, 0.25) is 0 Å². The van der Waals surface area contributed by atoms with Gasteiger partial charge in [-0.3, -0.25) is 9.59 Å². The summed E-state index contributed by atoms with van der Waals surface area (Å²) in [6, 6.07) is 4.57. The van der Waals surface area contributed by atoms with Gasteiger partial charge >= 0.3 is 11.9 Å². The average Bonchev–Trinajstić information content (AvgIpc) is 2.28. The van der Waals surface area contributed by atoms with Gasteiger partial charge in [-0.2, -0.15) is 0 Å². The monoisotopic (exact) mass is 297 g/mol. The second kappa shape index (κ2) is 6.67. The van der Waals surface area contributed by atoms with Crippen LogP contribution in [-0.4, -0.2) is 28.7 Å². The van der Waals surface area contributed by atoms with E-state index in [4.69, 9.17) is 15.6 Å². The first-order valence-corrected chi connectivity index (χ1v) is 6.56. The summed E-state index contributed by atoms with van der Waals surface area (Å²) in [7, 11) is 0. The zero-order valence-electron chi connectivity index (χ0n) is 12.3. The molecule has 0 saturated carbocycles. The maximum absolute atomic E-state index is 13.9. The SMILES string of the molecule is CC(C)(C)OC(=O)C(c1ccccc1F)[C@H](N)CC(=O)O. The minimum Gasteiger partial charge on any atom is -0.481 e. The first-order chi connectivity index (χ1) is 9.61. The topological polar surface area (TPSA) is 89.6 Å². The minimum absolute atomic E-state index is 0.0421. The van der Waals surface area contributed by atoms with Crippen LogP contribution in [0, 0.1) is 5.82 Å². The molecule has 0 bridgehead atoms. The third-order valence-corrected chi connectivity index (χ3v) is 2.74. The summed E-state index contributed by atoms with van der Waals surface area (Å²) in [4.78, 5) is 23.1. The molecule has 0 aliphatic carbocycles. The number of hydrogen-bond acceptors (Lipinski definition) is 4. The van der Waals surface area contributed by atoms with E-state index in [2.05, 4.69) is 0 Å². The summed E-state index contributed by atoms with van der Waals surface area (Å²) in [6.07, 6.45) is -0.460. The molecule has 1 unspecified atom stereocenters. The van der Waals surface area contributed by atoms with Crippen LogP contribution in [0.15, 0.2) is 24.3 Å². The summed E-state index contributed by atoms with van der Waals surface area (Å²) in [6.45, 7) is 5.02. The number of carbonyl (C=O) groups is 2. The molecule has 0 amide bonds. The van der Waals surface area contributed by atoms with Crippen LogP contribution in [0.5, 0.6) is 0 Å². The van der Waals surface area contributed by atoms with E-state index < -0.39 is 41.7 Å². The molecule has 0 heterocycles. The Hall–Kier alpha value is -1.95. The van der Waals surface area contributed by atoms with Crippen molar-refractivity contribution in [2.45, 2.75) is 44.8 Å². The number of ether oxygens (including phenoxy) is 1. The summed E-state index contributed by atoms with van der Waals surface area (Å²) >= 11 is 0. The van der Waals surface area contributed by atoms with Crippen molar-refractivity contribution >= 4 is 11.9 Å². The lowest BCUT2D eigenvalue weighted by Crippen LogP contribution is -2.39. The standard InChI is InChI=1S/C15H20FNO4/c1-15(2,3)21-14(20)13(11(17)8-12(18)19)9-6-4-5-7-10(9)16/h4-7,11,13H,8,17H2,1-3H3,(H,18,19)/t11-,13?/m1/s1. The Morgan fingerprint density at radius 1 is 1.33 bits per heavy atom. The smallest absolute Gasteiger partial charge is 0.315 e. The number of benzene rings is 1. The Kier molecular flexibility index (Phi) is 5.43. The van der Waals surface area contributed by atoms with E-state index in [1.54, 1.807) is 26.8 Å². The van der Waals surface area contributed by atoms with Gasteiger partial charge in [0.25, 0.3) is 0 Å². The number of nitrogens with two attached hydrogens (primary N) is 1. The van der Waals surface area contributed by atoms with Crippen LogP contribution in [0.3, 0.4) is 0 Å². The fraction of sp³-hybridized carbons (Fsp3) is 0.467. The fourth-order valence-electron chi connectivity index (χ4n) is 1.94. The molecule has 21 heavy (non-hydrogen) atoms. The van der Waals surface area contributed by atoms with Gasteiger partial charge in [0.15, 0.2) is 0 Å². The Morgan fingerprint density at radius 2 is 1.90 bits per heavy atom. The van der Waals surface area contributed by atoms with Gasteiger partial charge in [0, 0.05) is 11.6 Å². The number of esters is 1. The highest BCUT2D eigenvalue weighted by atomic mass is 19.1. The minimum atomic E-state index is -1.17. The van der Waals surface area contributed by atoms with Crippen LogP contribution in [0.25, 0.3) is 0 Å². The average molecular weight is 297 g/mol. The molecule has 0 aliphatic rings. The van der Waals surface area contributed by atoms with E-state index in [9.17, 15) is 14.0 Å². The van der Waals surface area contributed by atoms with Gasteiger partial charge in [-0.25, -0.2) is 4.39 Å². The van der Waals surface area contributed by atoms with E-state index >= 15 is 0 Å². The Labute approximate surface area is 122 Å². The molecule has 1 aromatic carbocycles. The third kappa shape index (κ3) is 5.15. The summed E-state index contributed by atoms with van der Waals surface area (Å²) in [5.41, 5.74) is 5.06. The highest BCUT2D eigenvalue weighted by molar-refractivity contribution is 5.81. The predicted molar refractivity (Wildman–Crippen MR) is 75.2 cm³/mol. The highest BCUT2D eigenvalue weighted by Crippen LogP contribution is 2.27. The van der Waals surface area contributed by atoms with Crippen LogP contribution >= 0.6 is 0 Å². The first kappa shape index (κ1) is 17.1. The molecule has 6 heteroatoms. The lowest BCUT2D eigenvalue weighted by molar-refractivity contribution is -0.157. The summed E-state index contributed by atoms with van der Waals surface area (Å²) in [5.74, 6) is -3.68. The number of halogens is 1. The molecule has 116 valence electrons. The number of aliphatic carboxylic acids is 1. The highest BCUT2D eigenvalue weighted by Gasteiger charge is 2.34. The van der Waals surface area contributed by atoms with Gasteiger partial charge in [0.05, 0.1) is 6.42 Å². The number of hydrogen-bond donors (Lipinski definition) is 2. The maximum atomic E-state index is 13.9. The van der Waals surface area contributed by atoms with E-state index in [1.807, 2.05) is 0 Å². The van der Waals surface area contributed by atoms with Crippen molar-refractivity contribution in [2.75, 3.05) is 0 Å². The first-order valence-electron chi connectivity index (χ1n) is 6.56. The van der Waals surface area contributed by atoms with Crippen molar-refractivity contribution in [3.63, 3.8) is 0 Å². The van der Waals surface area contributed by atoms with Crippen molar-refractivity contribution < 1.29 is 23.8 Å². The maximum Gasteiger partial charge on any atom is 0.315 e. The Bertz CT molecular complexity index is 525. The van der Waals surface area contributed by atoms with Gasteiger partial charge in [0.2, 0.25) is 0 Å². The number of carbonyl (C=O) groups excluding carboxylic acids is 1. The van der Waals surface area contributed by atoms with Crippen molar-refractivity contribution in [3.05, 3.63) is 35.6 Å². The lowest BCUT2D eigenvalue weighted by atomic mass is 9.89. The van der Waals surface area contributed by atoms with Gasteiger partial charge in [-0.1, -0.05) is 18.2 Å². The van der Waals surface area contributed by atoms with Crippen molar-refractivity contribution in [1.29, 1.82) is 0 Å². The Balaban J connectivity index is 3.14. The summed E-state index contributed by atoms with van der Waals surface area (Å²) < 4.78 is 19.2. The van der Waals surface area contributed by atoms with Crippen molar-refractivity contribution in [3.8, 4) is 0 Å². The van der Waals surface area contributed by atoms with Crippen LogP contribution in [-0.2, 0) is 14.3 Å². The Morgan fingerprint density at radius 3 is 2.38 bits per heavy atom. The van der Waals surface area contributed by atoms with Crippen LogP contribution in [0.4, 0.5) is 4.39 Å². The molecule has 0 aromatic heterocycles. The van der Waals surface area contributed by atoms with E-state index in [0.717, 1.165) is 0 Å². The van der Waals surface area contributed by atoms with Crippen LogP contribution < -0.4 is 5.73 Å². The zero-order chi connectivity index (χ0) is 16.2. The third-order valence-electron chi connectivity index (χ3n) is 2.74. The largest absolute Gasteiger partial charge is 0.481 e. The molecular weight excluding hydrogens is 277 g/mol. The molecule has 0 radical (unpaired) electrons. The molecule has 0 saturated heterocycles. The van der Waals surface area contributed by atoms with Gasteiger partial charge < -0.3 is 15.6 Å². The van der Waals surface area contributed by atoms with E-state index in [-0.39, 0.29) is 5.56 Å². The van der Waals surface area contributed by atoms with Crippen molar-refractivity contribution in [1.82, 2.24) is 0 Å². The fourth-order valence-corrected chi connectivity index (χ4v) is 1.94. The predicted octanol–water partition coefficient (Wildman–Crippen LogP) is 2.05.